The quantitative estimate of drug-likeness (QED) is 0.787. The maximum Gasteiger partial charge on any atom is 0.321 e. The van der Waals surface area contributed by atoms with Gasteiger partial charge in [-0.05, 0) is 37.0 Å². The summed E-state index contributed by atoms with van der Waals surface area (Å²) in [6, 6.07) is 16.9. The van der Waals surface area contributed by atoms with E-state index in [9.17, 15) is 9.90 Å². The molecule has 0 saturated heterocycles. The predicted octanol–water partition coefficient (Wildman–Crippen LogP) is 2.91. The van der Waals surface area contributed by atoms with Crippen molar-refractivity contribution in [2.24, 2.45) is 0 Å². The van der Waals surface area contributed by atoms with Crippen molar-refractivity contribution in [2.75, 3.05) is 7.11 Å². The third-order valence-corrected chi connectivity index (χ3v) is 3.79. The SMILES string of the molecule is COc1ccccc1CC(C)N[C@H](Cc1ccccc1)C(=O)O. The van der Waals surface area contributed by atoms with E-state index in [1.54, 1.807) is 7.11 Å². The predicted molar refractivity (Wildman–Crippen MR) is 90.9 cm³/mol. The van der Waals surface area contributed by atoms with Crippen LogP contribution in [0, 0.1) is 0 Å². The summed E-state index contributed by atoms with van der Waals surface area (Å²) in [7, 11) is 1.65. The number of carboxylic acid groups (broad SMARTS) is 1. The molecule has 0 heterocycles. The van der Waals surface area contributed by atoms with Crippen LogP contribution in [-0.4, -0.2) is 30.3 Å². The lowest BCUT2D eigenvalue weighted by atomic mass is 10.0. The van der Waals surface area contributed by atoms with Crippen LogP contribution in [0.1, 0.15) is 18.1 Å². The Bertz CT molecular complexity index is 628. The summed E-state index contributed by atoms with van der Waals surface area (Å²) >= 11 is 0. The second kappa shape index (κ2) is 8.34. The maximum absolute atomic E-state index is 11.5. The number of para-hydroxylation sites is 1. The normalized spacial score (nSPS) is 13.3. The first-order valence-corrected chi connectivity index (χ1v) is 7.75. The van der Waals surface area contributed by atoms with E-state index in [0.29, 0.717) is 12.8 Å². The smallest absolute Gasteiger partial charge is 0.321 e. The monoisotopic (exact) mass is 313 g/mol. The van der Waals surface area contributed by atoms with E-state index in [1.807, 2.05) is 61.5 Å². The number of hydrogen-bond donors (Lipinski definition) is 2. The zero-order chi connectivity index (χ0) is 16.7. The summed E-state index contributed by atoms with van der Waals surface area (Å²) in [6.07, 6.45) is 1.18. The van der Waals surface area contributed by atoms with Crippen LogP contribution in [0.4, 0.5) is 0 Å². The van der Waals surface area contributed by atoms with E-state index in [0.717, 1.165) is 16.9 Å². The molecule has 2 atom stereocenters. The Morgan fingerprint density at radius 3 is 2.39 bits per heavy atom. The fourth-order valence-corrected chi connectivity index (χ4v) is 2.67. The average Bonchev–Trinajstić information content (AvgIpc) is 2.55. The minimum absolute atomic E-state index is 0.0242. The zero-order valence-corrected chi connectivity index (χ0v) is 13.5. The number of benzene rings is 2. The van der Waals surface area contributed by atoms with Gasteiger partial charge in [-0.15, -0.1) is 0 Å². The van der Waals surface area contributed by atoms with Crippen LogP contribution in [-0.2, 0) is 17.6 Å². The molecule has 1 unspecified atom stereocenters. The van der Waals surface area contributed by atoms with Gasteiger partial charge in [0.05, 0.1) is 7.11 Å². The first-order valence-electron chi connectivity index (χ1n) is 7.75. The molecule has 0 aromatic heterocycles. The molecule has 0 amide bonds. The van der Waals surface area contributed by atoms with Crippen molar-refractivity contribution in [1.29, 1.82) is 0 Å². The van der Waals surface area contributed by atoms with Crippen LogP contribution in [0.15, 0.2) is 54.6 Å². The topological polar surface area (TPSA) is 58.6 Å². The highest BCUT2D eigenvalue weighted by Crippen LogP contribution is 2.19. The zero-order valence-electron chi connectivity index (χ0n) is 13.5. The first-order chi connectivity index (χ1) is 11.1. The van der Waals surface area contributed by atoms with Crippen molar-refractivity contribution >= 4 is 5.97 Å². The summed E-state index contributed by atoms with van der Waals surface area (Å²) in [5.74, 6) is -0.00295. The molecule has 0 fully saturated rings. The lowest BCUT2D eigenvalue weighted by Crippen LogP contribution is -2.44. The molecular formula is C19H23NO3. The molecule has 0 radical (unpaired) electrons. The number of carboxylic acids is 1. The number of carbonyl (C=O) groups is 1. The van der Waals surface area contributed by atoms with E-state index in [1.165, 1.54) is 0 Å². The van der Waals surface area contributed by atoms with Crippen LogP contribution in [0.2, 0.25) is 0 Å². The van der Waals surface area contributed by atoms with Gasteiger partial charge in [0, 0.05) is 6.04 Å². The number of hydrogen-bond acceptors (Lipinski definition) is 3. The summed E-state index contributed by atoms with van der Waals surface area (Å²) in [4.78, 5) is 11.5. The maximum atomic E-state index is 11.5. The average molecular weight is 313 g/mol. The Balaban J connectivity index is 2.00. The highest BCUT2D eigenvalue weighted by molar-refractivity contribution is 5.74. The van der Waals surface area contributed by atoms with Crippen LogP contribution < -0.4 is 10.1 Å². The Morgan fingerprint density at radius 1 is 1.09 bits per heavy atom. The van der Waals surface area contributed by atoms with Crippen molar-refractivity contribution < 1.29 is 14.6 Å². The molecule has 0 aliphatic heterocycles. The van der Waals surface area contributed by atoms with E-state index >= 15 is 0 Å². The lowest BCUT2D eigenvalue weighted by molar-refractivity contribution is -0.139. The Kier molecular flexibility index (Phi) is 6.18. The fourth-order valence-electron chi connectivity index (χ4n) is 2.67. The molecule has 4 nitrogen and oxygen atoms in total. The summed E-state index contributed by atoms with van der Waals surface area (Å²) in [5, 5.41) is 12.7. The van der Waals surface area contributed by atoms with Crippen molar-refractivity contribution in [2.45, 2.75) is 31.8 Å². The molecule has 0 bridgehead atoms. The van der Waals surface area contributed by atoms with Gasteiger partial charge in [0.25, 0.3) is 0 Å². The van der Waals surface area contributed by atoms with Gasteiger partial charge < -0.3 is 15.2 Å². The number of nitrogens with one attached hydrogen (secondary N) is 1. The van der Waals surface area contributed by atoms with E-state index in [4.69, 9.17) is 4.74 Å². The van der Waals surface area contributed by atoms with Crippen molar-refractivity contribution in [3.05, 3.63) is 65.7 Å². The lowest BCUT2D eigenvalue weighted by Gasteiger charge is -2.21. The summed E-state index contributed by atoms with van der Waals surface area (Å²) in [6.45, 7) is 1.99. The summed E-state index contributed by atoms with van der Waals surface area (Å²) in [5.41, 5.74) is 2.08. The van der Waals surface area contributed by atoms with Gasteiger partial charge in [0.15, 0.2) is 0 Å². The molecule has 4 heteroatoms. The second-order valence-corrected chi connectivity index (χ2v) is 5.66. The molecule has 2 rings (SSSR count). The van der Waals surface area contributed by atoms with E-state index in [-0.39, 0.29) is 6.04 Å². The molecule has 2 aromatic rings. The Morgan fingerprint density at radius 2 is 1.74 bits per heavy atom. The van der Waals surface area contributed by atoms with Crippen molar-refractivity contribution in [3.8, 4) is 5.75 Å². The largest absolute Gasteiger partial charge is 0.496 e. The van der Waals surface area contributed by atoms with Gasteiger partial charge in [-0.1, -0.05) is 48.5 Å². The Labute approximate surface area is 137 Å². The molecule has 2 N–H and O–H groups in total. The van der Waals surface area contributed by atoms with Crippen LogP contribution in [0.3, 0.4) is 0 Å². The van der Waals surface area contributed by atoms with Crippen LogP contribution in [0.25, 0.3) is 0 Å². The van der Waals surface area contributed by atoms with Gasteiger partial charge in [-0.3, -0.25) is 4.79 Å². The first kappa shape index (κ1) is 17.0. The summed E-state index contributed by atoms with van der Waals surface area (Å²) < 4.78 is 5.35. The van der Waals surface area contributed by atoms with Gasteiger partial charge in [-0.2, -0.15) is 0 Å². The van der Waals surface area contributed by atoms with E-state index in [2.05, 4.69) is 5.32 Å². The minimum Gasteiger partial charge on any atom is -0.496 e. The van der Waals surface area contributed by atoms with Crippen LogP contribution >= 0.6 is 0 Å². The highest BCUT2D eigenvalue weighted by atomic mass is 16.5. The standard InChI is InChI=1S/C19H23NO3/c1-14(12-16-10-6-7-11-18(16)23-2)20-17(19(21)22)13-15-8-4-3-5-9-15/h3-11,14,17,20H,12-13H2,1-2H3,(H,21,22)/t14?,17-/m1/s1. The fraction of sp³-hybridized carbons (Fsp3) is 0.316. The van der Waals surface area contributed by atoms with Crippen LogP contribution in [0.5, 0.6) is 5.75 Å². The third kappa shape index (κ3) is 5.11. The number of rotatable bonds is 8. The molecule has 0 saturated carbocycles. The van der Waals surface area contributed by atoms with Gasteiger partial charge in [-0.25, -0.2) is 0 Å². The van der Waals surface area contributed by atoms with Gasteiger partial charge >= 0.3 is 5.97 Å². The molecular weight excluding hydrogens is 290 g/mol. The van der Waals surface area contributed by atoms with E-state index < -0.39 is 12.0 Å². The van der Waals surface area contributed by atoms with Crippen molar-refractivity contribution in [3.63, 3.8) is 0 Å². The number of ether oxygens (including phenoxy) is 1. The highest BCUT2D eigenvalue weighted by Gasteiger charge is 2.20. The number of methoxy groups -OCH3 is 1. The van der Waals surface area contributed by atoms with Crippen molar-refractivity contribution in [1.82, 2.24) is 5.32 Å². The molecule has 122 valence electrons. The molecule has 0 spiro atoms. The second-order valence-electron chi connectivity index (χ2n) is 5.66. The molecule has 2 aromatic carbocycles. The van der Waals surface area contributed by atoms with Gasteiger partial charge in [0.1, 0.15) is 11.8 Å². The molecule has 0 aliphatic rings. The number of aliphatic carboxylic acids is 1. The third-order valence-electron chi connectivity index (χ3n) is 3.79. The molecule has 23 heavy (non-hydrogen) atoms. The Hall–Kier alpha value is -2.33. The molecule has 0 aliphatic carbocycles. The van der Waals surface area contributed by atoms with Gasteiger partial charge in [0.2, 0.25) is 0 Å². The minimum atomic E-state index is -0.833.